The predicted octanol–water partition coefficient (Wildman–Crippen LogP) is 10.3. The highest BCUT2D eigenvalue weighted by Crippen LogP contribution is 2.13. The Kier molecular flexibility index (Phi) is 32.0. The van der Waals surface area contributed by atoms with Crippen molar-refractivity contribution < 1.29 is 15.0 Å². The Morgan fingerprint density at radius 3 is 1.41 bits per heavy atom. The van der Waals surface area contributed by atoms with Gasteiger partial charge in [0.1, 0.15) is 0 Å². The van der Waals surface area contributed by atoms with E-state index in [1.54, 1.807) is 6.08 Å². The Morgan fingerprint density at radius 1 is 0.561 bits per heavy atom. The Bertz CT molecular complexity index is 628. The van der Waals surface area contributed by atoms with Crippen LogP contribution >= 0.6 is 0 Å². The molecule has 0 spiro atoms. The van der Waals surface area contributed by atoms with Crippen LogP contribution in [0.15, 0.2) is 36.5 Å². The summed E-state index contributed by atoms with van der Waals surface area (Å²) in [4.78, 5) is 12.1. The number of allylic oxidation sites excluding steroid dienone is 5. The molecule has 41 heavy (non-hydrogen) atoms. The Hall–Kier alpha value is -1.39. The molecule has 0 fully saturated rings. The average Bonchev–Trinajstić information content (AvgIpc) is 2.97. The summed E-state index contributed by atoms with van der Waals surface area (Å²) in [6.45, 7) is 4.19. The second-order valence-corrected chi connectivity index (χ2v) is 11.9. The zero-order valence-electron chi connectivity index (χ0n) is 27.3. The summed E-state index contributed by atoms with van der Waals surface area (Å²) in [5.41, 5.74) is 0. The summed E-state index contributed by atoms with van der Waals surface area (Å²) in [5, 5.41) is 22.6. The molecule has 0 aliphatic heterocycles. The minimum Gasteiger partial charge on any atom is -0.394 e. The van der Waals surface area contributed by atoms with E-state index in [2.05, 4.69) is 43.5 Å². The molecule has 4 nitrogen and oxygen atoms in total. The molecule has 3 N–H and O–H groups in total. The van der Waals surface area contributed by atoms with Gasteiger partial charge in [-0.3, -0.25) is 4.79 Å². The molecule has 0 aliphatic carbocycles. The maximum Gasteiger partial charge on any atom is 0.220 e. The van der Waals surface area contributed by atoms with Gasteiger partial charge in [-0.05, 0) is 44.9 Å². The van der Waals surface area contributed by atoms with Gasteiger partial charge in [0.2, 0.25) is 5.91 Å². The molecule has 0 aliphatic rings. The second kappa shape index (κ2) is 33.1. The summed E-state index contributed by atoms with van der Waals surface area (Å²) in [6.07, 6.45) is 42.7. The summed E-state index contributed by atoms with van der Waals surface area (Å²) < 4.78 is 0. The third kappa shape index (κ3) is 29.9. The number of hydrogen-bond donors (Lipinski definition) is 3. The normalized spacial score (nSPS) is 13.6. The van der Waals surface area contributed by atoms with Crippen LogP contribution in [-0.2, 0) is 4.79 Å². The molecule has 2 atom stereocenters. The van der Waals surface area contributed by atoms with Gasteiger partial charge < -0.3 is 15.5 Å². The van der Waals surface area contributed by atoms with Crippen molar-refractivity contribution in [3.8, 4) is 0 Å². The highest BCUT2D eigenvalue weighted by molar-refractivity contribution is 5.76. The largest absolute Gasteiger partial charge is 0.394 e. The molecule has 2 unspecified atom stereocenters. The zero-order valence-corrected chi connectivity index (χ0v) is 27.3. The molecule has 0 heterocycles. The fraction of sp³-hybridized carbons (Fsp3) is 0.811. The molecule has 240 valence electrons. The first kappa shape index (κ1) is 39.6. The van der Waals surface area contributed by atoms with E-state index in [1.807, 2.05) is 6.08 Å². The van der Waals surface area contributed by atoms with E-state index in [9.17, 15) is 15.0 Å². The average molecular weight is 576 g/mol. The lowest BCUT2D eigenvalue weighted by Crippen LogP contribution is -2.45. The molecule has 0 bridgehead atoms. The Labute approximate surface area is 255 Å². The minimum atomic E-state index is -0.863. The topological polar surface area (TPSA) is 69.6 Å². The van der Waals surface area contributed by atoms with Gasteiger partial charge in [-0.2, -0.15) is 0 Å². The van der Waals surface area contributed by atoms with Gasteiger partial charge >= 0.3 is 0 Å². The number of amides is 1. The lowest BCUT2D eigenvalue weighted by atomic mass is 10.0. The number of hydrogen-bond acceptors (Lipinski definition) is 3. The number of rotatable bonds is 31. The fourth-order valence-electron chi connectivity index (χ4n) is 5.09. The molecular formula is C37H69NO3. The monoisotopic (exact) mass is 576 g/mol. The maximum absolute atomic E-state index is 12.1. The third-order valence-electron chi connectivity index (χ3n) is 7.85. The van der Waals surface area contributed by atoms with Crippen molar-refractivity contribution in [1.82, 2.24) is 5.32 Å². The summed E-state index contributed by atoms with van der Waals surface area (Å²) in [6, 6.07) is -0.638. The number of nitrogens with one attached hydrogen (secondary N) is 1. The summed E-state index contributed by atoms with van der Waals surface area (Å²) in [7, 11) is 0. The van der Waals surface area contributed by atoms with Gasteiger partial charge in [-0.1, -0.05) is 159 Å². The first-order chi connectivity index (χ1) is 20.2. The van der Waals surface area contributed by atoms with Crippen LogP contribution in [-0.4, -0.2) is 34.9 Å². The predicted molar refractivity (Wildman–Crippen MR) is 179 cm³/mol. The third-order valence-corrected chi connectivity index (χ3v) is 7.85. The van der Waals surface area contributed by atoms with Crippen molar-refractivity contribution in [1.29, 1.82) is 0 Å². The SMILES string of the molecule is CCCCCCCCCCCCCCCC/C=C/CC/C=C/CC/C=C/C(O)C(CO)NC(=O)CCCCCCC. The molecular weight excluding hydrogens is 506 g/mol. The van der Waals surface area contributed by atoms with Gasteiger partial charge in [0.15, 0.2) is 0 Å². The molecule has 0 rings (SSSR count). The molecule has 0 aromatic heterocycles. The van der Waals surface area contributed by atoms with Crippen LogP contribution in [0, 0.1) is 0 Å². The van der Waals surface area contributed by atoms with Crippen LogP contribution in [0.25, 0.3) is 0 Å². The Balaban J connectivity index is 3.59. The van der Waals surface area contributed by atoms with E-state index in [0.717, 1.165) is 44.9 Å². The van der Waals surface area contributed by atoms with Gasteiger partial charge in [0, 0.05) is 6.42 Å². The summed E-state index contributed by atoms with van der Waals surface area (Å²) in [5.74, 6) is -0.0930. The molecule has 0 aromatic carbocycles. The molecule has 0 saturated heterocycles. The number of carbonyl (C=O) groups is 1. The molecule has 1 amide bonds. The van der Waals surface area contributed by atoms with Gasteiger partial charge in [0.25, 0.3) is 0 Å². The van der Waals surface area contributed by atoms with Crippen molar-refractivity contribution in [2.24, 2.45) is 0 Å². The first-order valence-corrected chi connectivity index (χ1v) is 17.7. The van der Waals surface area contributed by atoms with Crippen molar-refractivity contribution >= 4 is 5.91 Å². The summed E-state index contributed by atoms with van der Waals surface area (Å²) >= 11 is 0. The smallest absolute Gasteiger partial charge is 0.220 e. The molecule has 0 aromatic rings. The van der Waals surface area contributed by atoms with E-state index >= 15 is 0 Å². The molecule has 0 saturated carbocycles. The van der Waals surface area contributed by atoms with Crippen molar-refractivity contribution in [3.63, 3.8) is 0 Å². The van der Waals surface area contributed by atoms with Crippen molar-refractivity contribution in [3.05, 3.63) is 36.5 Å². The van der Waals surface area contributed by atoms with E-state index < -0.39 is 12.1 Å². The van der Waals surface area contributed by atoms with Crippen molar-refractivity contribution in [2.75, 3.05) is 6.61 Å². The number of aliphatic hydroxyl groups is 2. The molecule has 0 radical (unpaired) electrons. The fourth-order valence-corrected chi connectivity index (χ4v) is 5.09. The molecule has 4 heteroatoms. The highest BCUT2D eigenvalue weighted by atomic mass is 16.3. The van der Waals surface area contributed by atoms with Crippen LogP contribution in [0.1, 0.15) is 174 Å². The standard InChI is InChI=1S/C37H69NO3/c1-3-5-7-9-10-11-12-13-14-15-16-17-18-19-20-21-22-23-24-25-26-27-29-30-32-36(40)35(34-39)38-37(41)33-31-28-8-6-4-2/h21-22,25-26,30,32,35-36,39-40H,3-20,23-24,27-29,31,33-34H2,1-2H3,(H,38,41)/b22-21+,26-25+,32-30+. The lowest BCUT2D eigenvalue weighted by Gasteiger charge is -2.19. The van der Waals surface area contributed by atoms with Crippen LogP contribution in [0.3, 0.4) is 0 Å². The van der Waals surface area contributed by atoms with Crippen molar-refractivity contribution in [2.45, 2.75) is 187 Å². The van der Waals surface area contributed by atoms with Crippen LogP contribution in [0.2, 0.25) is 0 Å². The second-order valence-electron chi connectivity index (χ2n) is 11.9. The van der Waals surface area contributed by atoms with Crippen LogP contribution in [0.5, 0.6) is 0 Å². The van der Waals surface area contributed by atoms with E-state index in [0.29, 0.717) is 6.42 Å². The van der Waals surface area contributed by atoms with E-state index in [4.69, 9.17) is 0 Å². The lowest BCUT2D eigenvalue weighted by molar-refractivity contribution is -0.123. The number of aliphatic hydroxyl groups excluding tert-OH is 2. The van der Waals surface area contributed by atoms with E-state index in [1.165, 1.54) is 109 Å². The van der Waals surface area contributed by atoms with Gasteiger partial charge in [0.05, 0.1) is 18.8 Å². The van der Waals surface area contributed by atoms with Crippen LogP contribution in [0.4, 0.5) is 0 Å². The first-order valence-electron chi connectivity index (χ1n) is 17.7. The maximum atomic E-state index is 12.1. The quantitative estimate of drug-likeness (QED) is 0.0569. The zero-order chi connectivity index (χ0) is 30.1. The highest BCUT2D eigenvalue weighted by Gasteiger charge is 2.17. The van der Waals surface area contributed by atoms with Gasteiger partial charge in [-0.15, -0.1) is 0 Å². The van der Waals surface area contributed by atoms with Crippen LogP contribution < -0.4 is 5.32 Å². The number of carbonyl (C=O) groups excluding carboxylic acids is 1. The Morgan fingerprint density at radius 2 is 0.951 bits per heavy atom. The minimum absolute atomic E-state index is 0.0930. The van der Waals surface area contributed by atoms with Gasteiger partial charge in [-0.25, -0.2) is 0 Å². The number of unbranched alkanes of at least 4 members (excludes halogenated alkanes) is 20. The van der Waals surface area contributed by atoms with E-state index in [-0.39, 0.29) is 12.5 Å².